The van der Waals surface area contributed by atoms with Crippen LogP contribution >= 0.6 is 0 Å². The largest absolute Gasteiger partial charge is 0.493 e. The first kappa shape index (κ1) is 13.8. The molecule has 1 aromatic heterocycles. The number of nitrogens with two attached hydrogens (primary N) is 1. The zero-order chi connectivity index (χ0) is 13.1. The molecule has 1 rings (SSSR count). The van der Waals surface area contributed by atoms with Crippen molar-refractivity contribution in [3.63, 3.8) is 0 Å². The second-order valence-electron chi connectivity index (χ2n) is 3.67. The summed E-state index contributed by atoms with van der Waals surface area (Å²) in [5.74, 6) is 0.432. The quantitative estimate of drug-likeness (QED) is 0.873. The molecular weight excluding hydrogens is 235 g/mol. The van der Waals surface area contributed by atoms with Crippen molar-refractivity contribution in [2.24, 2.45) is 5.73 Å². The first-order valence-corrected chi connectivity index (χ1v) is 5.31. The molecule has 7 heteroatoms. The Morgan fingerprint density at radius 2 is 2.18 bits per heavy atom. The number of halogens is 3. The van der Waals surface area contributed by atoms with Crippen LogP contribution in [0.4, 0.5) is 13.2 Å². The molecule has 0 radical (unpaired) electrons. The highest BCUT2D eigenvalue weighted by atomic mass is 19.4. The Kier molecular flexibility index (Phi) is 4.39. The number of ether oxygens (including phenoxy) is 1. The molecule has 1 aromatic rings. The molecule has 4 nitrogen and oxygen atoms in total. The number of rotatable bonds is 5. The summed E-state index contributed by atoms with van der Waals surface area (Å²) in [6.45, 7) is 2.38. The fourth-order valence-corrected chi connectivity index (χ4v) is 1.62. The number of alkyl halides is 3. The molecule has 0 fully saturated rings. The predicted molar refractivity (Wildman–Crippen MR) is 56.7 cm³/mol. The fourth-order valence-electron chi connectivity index (χ4n) is 1.62. The summed E-state index contributed by atoms with van der Waals surface area (Å²) >= 11 is 0. The highest BCUT2D eigenvalue weighted by Gasteiger charge is 2.29. The summed E-state index contributed by atoms with van der Waals surface area (Å²) in [4.78, 5) is 0. The van der Waals surface area contributed by atoms with Crippen molar-refractivity contribution in [1.82, 2.24) is 9.78 Å². The van der Waals surface area contributed by atoms with Crippen LogP contribution in [0.1, 0.15) is 31.5 Å². The van der Waals surface area contributed by atoms with Gasteiger partial charge in [-0.3, -0.25) is 4.68 Å². The number of aryl methyl sites for hydroxylation is 1. The van der Waals surface area contributed by atoms with E-state index in [1.807, 2.05) is 6.92 Å². The molecule has 0 bridgehead atoms. The molecule has 0 aliphatic carbocycles. The Hall–Kier alpha value is -1.24. The molecule has 1 unspecified atom stereocenters. The van der Waals surface area contributed by atoms with Crippen LogP contribution in [0.15, 0.2) is 6.20 Å². The van der Waals surface area contributed by atoms with Crippen LogP contribution in [-0.4, -0.2) is 23.1 Å². The van der Waals surface area contributed by atoms with Crippen molar-refractivity contribution >= 4 is 0 Å². The van der Waals surface area contributed by atoms with Gasteiger partial charge in [0.15, 0.2) is 5.75 Å². The summed E-state index contributed by atoms with van der Waals surface area (Å²) in [5.41, 5.74) is 6.27. The third-order valence-corrected chi connectivity index (χ3v) is 2.45. The molecule has 0 spiro atoms. The van der Waals surface area contributed by atoms with Crippen LogP contribution < -0.4 is 10.5 Å². The van der Waals surface area contributed by atoms with Crippen LogP contribution in [0.25, 0.3) is 0 Å². The standard InChI is InChI=1S/C10H16F3N3O/c1-3-16-9(8(17-2)6-15-16)7(14)4-5-10(11,12)13/h6-7H,3-5,14H2,1-2H3. The minimum atomic E-state index is -4.19. The lowest BCUT2D eigenvalue weighted by Crippen LogP contribution is -2.19. The first-order valence-electron chi connectivity index (χ1n) is 5.31. The highest BCUT2D eigenvalue weighted by molar-refractivity contribution is 5.28. The lowest BCUT2D eigenvalue weighted by Gasteiger charge is -2.16. The number of hydrogen-bond acceptors (Lipinski definition) is 3. The first-order chi connectivity index (χ1) is 7.89. The Morgan fingerprint density at radius 1 is 1.53 bits per heavy atom. The molecule has 0 aromatic carbocycles. The average Bonchev–Trinajstić information content (AvgIpc) is 2.67. The maximum atomic E-state index is 12.1. The van der Waals surface area contributed by atoms with E-state index in [0.717, 1.165) is 0 Å². The van der Waals surface area contributed by atoms with Crippen molar-refractivity contribution in [3.8, 4) is 5.75 Å². The smallest absolute Gasteiger partial charge is 0.389 e. The van der Waals surface area contributed by atoms with E-state index >= 15 is 0 Å². The second-order valence-corrected chi connectivity index (χ2v) is 3.67. The summed E-state index contributed by atoms with van der Waals surface area (Å²) in [7, 11) is 1.44. The average molecular weight is 251 g/mol. The van der Waals surface area contributed by atoms with E-state index in [-0.39, 0.29) is 6.42 Å². The third-order valence-electron chi connectivity index (χ3n) is 2.45. The maximum Gasteiger partial charge on any atom is 0.389 e. The normalized spacial score (nSPS) is 13.8. The van der Waals surface area contributed by atoms with Crippen molar-refractivity contribution in [1.29, 1.82) is 0 Å². The molecule has 1 atom stereocenters. The Balaban J connectivity index is 2.79. The van der Waals surface area contributed by atoms with Gasteiger partial charge in [-0.05, 0) is 13.3 Å². The van der Waals surface area contributed by atoms with Gasteiger partial charge in [-0.25, -0.2) is 0 Å². The van der Waals surface area contributed by atoms with Gasteiger partial charge in [0.2, 0.25) is 0 Å². The molecule has 1 heterocycles. The topological polar surface area (TPSA) is 53.1 Å². The van der Waals surface area contributed by atoms with Crippen molar-refractivity contribution in [2.75, 3.05) is 7.11 Å². The van der Waals surface area contributed by atoms with Gasteiger partial charge in [-0.2, -0.15) is 18.3 Å². The van der Waals surface area contributed by atoms with Crippen LogP contribution in [0, 0.1) is 0 Å². The predicted octanol–water partition coefficient (Wildman–Crippen LogP) is 2.25. The van der Waals surface area contributed by atoms with Gasteiger partial charge in [0.25, 0.3) is 0 Å². The fraction of sp³-hybridized carbons (Fsp3) is 0.700. The summed E-state index contributed by atoms with van der Waals surface area (Å²) in [5, 5.41) is 4.00. The van der Waals surface area contributed by atoms with E-state index < -0.39 is 18.6 Å². The molecule has 98 valence electrons. The van der Waals surface area contributed by atoms with E-state index in [9.17, 15) is 13.2 Å². The minimum absolute atomic E-state index is 0.175. The molecule has 2 N–H and O–H groups in total. The zero-order valence-corrected chi connectivity index (χ0v) is 9.79. The number of aromatic nitrogens is 2. The van der Waals surface area contributed by atoms with Crippen molar-refractivity contribution in [2.45, 2.75) is 38.5 Å². The van der Waals surface area contributed by atoms with Gasteiger partial charge >= 0.3 is 6.18 Å². The molecule has 0 saturated carbocycles. The summed E-state index contributed by atoms with van der Waals surface area (Å²) in [6.07, 6.45) is -3.81. The number of methoxy groups -OCH3 is 1. The van der Waals surface area contributed by atoms with Crippen LogP contribution in [0.3, 0.4) is 0 Å². The maximum absolute atomic E-state index is 12.1. The van der Waals surface area contributed by atoms with Gasteiger partial charge in [0.1, 0.15) is 0 Å². The van der Waals surface area contributed by atoms with Gasteiger partial charge < -0.3 is 10.5 Å². The van der Waals surface area contributed by atoms with Crippen LogP contribution in [0.5, 0.6) is 5.75 Å². The Labute approximate surface area is 97.5 Å². The lowest BCUT2D eigenvalue weighted by atomic mass is 10.1. The monoisotopic (exact) mass is 251 g/mol. The molecule has 0 aliphatic rings. The molecule has 0 aliphatic heterocycles. The SMILES string of the molecule is CCn1ncc(OC)c1C(N)CCC(F)(F)F. The number of hydrogen-bond donors (Lipinski definition) is 1. The van der Waals surface area contributed by atoms with E-state index in [4.69, 9.17) is 10.5 Å². The third kappa shape index (κ3) is 3.62. The van der Waals surface area contributed by atoms with Crippen molar-refractivity contribution in [3.05, 3.63) is 11.9 Å². The van der Waals surface area contributed by atoms with Crippen molar-refractivity contribution < 1.29 is 17.9 Å². The summed E-state index contributed by atoms with van der Waals surface area (Å²) < 4.78 is 42.9. The van der Waals surface area contributed by atoms with E-state index in [0.29, 0.717) is 18.0 Å². The lowest BCUT2D eigenvalue weighted by molar-refractivity contribution is -0.136. The number of nitrogens with zero attached hydrogens (tertiary/aromatic N) is 2. The van der Waals surface area contributed by atoms with Gasteiger partial charge in [0, 0.05) is 13.0 Å². The highest BCUT2D eigenvalue weighted by Crippen LogP contribution is 2.30. The summed E-state index contributed by atoms with van der Waals surface area (Å²) in [6, 6.07) is -0.728. The van der Waals surface area contributed by atoms with Crippen LogP contribution in [-0.2, 0) is 6.54 Å². The zero-order valence-electron chi connectivity index (χ0n) is 9.79. The van der Waals surface area contributed by atoms with Crippen LogP contribution in [0.2, 0.25) is 0 Å². The second kappa shape index (κ2) is 5.39. The Morgan fingerprint density at radius 3 is 2.65 bits per heavy atom. The minimum Gasteiger partial charge on any atom is -0.493 e. The van der Waals surface area contributed by atoms with E-state index in [1.165, 1.54) is 13.3 Å². The molecular formula is C10H16F3N3O. The van der Waals surface area contributed by atoms with Gasteiger partial charge in [-0.15, -0.1) is 0 Å². The molecule has 0 amide bonds. The van der Waals surface area contributed by atoms with E-state index in [1.54, 1.807) is 4.68 Å². The van der Waals surface area contributed by atoms with E-state index in [2.05, 4.69) is 5.10 Å². The molecule has 17 heavy (non-hydrogen) atoms. The molecule has 0 saturated heterocycles. The Bertz CT molecular complexity index is 341. The van der Waals surface area contributed by atoms with Gasteiger partial charge in [0.05, 0.1) is 25.0 Å². The van der Waals surface area contributed by atoms with Gasteiger partial charge in [-0.1, -0.05) is 0 Å².